The van der Waals surface area contributed by atoms with Crippen molar-refractivity contribution in [1.29, 1.82) is 0 Å². The van der Waals surface area contributed by atoms with Gasteiger partial charge in [0.25, 0.3) is 0 Å². The molecule has 0 amide bonds. The van der Waals surface area contributed by atoms with Crippen molar-refractivity contribution in [1.82, 2.24) is 10.1 Å². The Kier molecular flexibility index (Phi) is 6.23. The molecule has 2 fully saturated rings. The maximum Gasteiger partial charge on any atom is 0.347 e. The SMILES string of the molecule is CC1(c2ccc(OCc3c(-c4c(Cl)cccc4Cl)noc3C3CC3)cc2Cl)CC1c1ncc(C(=O)O)s1. The first kappa shape index (κ1) is 24.7. The number of ether oxygens (including phenoxy) is 1. The van der Waals surface area contributed by atoms with Crippen LogP contribution in [0.5, 0.6) is 5.75 Å². The van der Waals surface area contributed by atoms with Gasteiger partial charge in [0.15, 0.2) is 0 Å². The molecule has 37 heavy (non-hydrogen) atoms. The second-order valence-electron chi connectivity index (χ2n) is 9.72. The topological polar surface area (TPSA) is 85.5 Å². The second kappa shape index (κ2) is 9.31. The van der Waals surface area contributed by atoms with Crippen molar-refractivity contribution in [2.75, 3.05) is 0 Å². The van der Waals surface area contributed by atoms with Crippen LogP contribution in [-0.2, 0) is 12.0 Å². The van der Waals surface area contributed by atoms with Gasteiger partial charge in [-0.25, -0.2) is 9.78 Å². The summed E-state index contributed by atoms with van der Waals surface area (Å²) in [5.41, 5.74) is 2.85. The Morgan fingerprint density at radius 2 is 1.95 bits per heavy atom. The van der Waals surface area contributed by atoms with Gasteiger partial charge in [0.2, 0.25) is 0 Å². The zero-order valence-corrected chi connectivity index (χ0v) is 22.7. The summed E-state index contributed by atoms with van der Waals surface area (Å²) >= 11 is 20.9. The number of hydrogen-bond acceptors (Lipinski definition) is 6. The van der Waals surface area contributed by atoms with Crippen molar-refractivity contribution in [2.45, 2.75) is 50.0 Å². The van der Waals surface area contributed by atoms with Crippen LogP contribution in [0.1, 0.15) is 69.6 Å². The Morgan fingerprint density at radius 3 is 2.59 bits per heavy atom. The summed E-state index contributed by atoms with van der Waals surface area (Å²) in [5.74, 6) is 0.938. The predicted octanol–water partition coefficient (Wildman–Crippen LogP) is 8.36. The van der Waals surface area contributed by atoms with Crippen LogP contribution in [0.4, 0.5) is 0 Å². The molecule has 2 aromatic heterocycles. The van der Waals surface area contributed by atoms with Gasteiger partial charge in [0, 0.05) is 27.8 Å². The van der Waals surface area contributed by atoms with E-state index in [0.29, 0.717) is 38.0 Å². The third-order valence-corrected chi connectivity index (χ3v) is 9.22. The number of halogens is 3. The zero-order valence-electron chi connectivity index (χ0n) is 19.6. The van der Waals surface area contributed by atoms with Crippen LogP contribution in [0.15, 0.2) is 47.1 Å². The van der Waals surface area contributed by atoms with Crippen LogP contribution in [0.25, 0.3) is 11.3 Å². The molecular weight excluding hydrogens is 555 g/mol. The van der Waals surface area contributed by atoms with E-state index in [-0.39, 0.29) is 22.8 Å². The minimum absolute atomic E-state index is 0.135. The van der Waals surface area contributed by atoms with E-state index >= 15 is 0 Å². The van der Waals surface area contributed by atoms with E-state index in [2.05, 4.69) is 17.1 Å². The second-order valence-corrected chi connectivity index (χ2v) is 12.0. The lowest BCUT2D eigenvalue weighted by atomic mass is 9.95. The zero-order chi connectivity index (χ0) is 25.9. The summed E-state index contributed by atoms with van der Waals surface area (Å²) in [7, 11) is 0. The molecule has 2 heterocycles. The fraction of sp³-hybridized carbons (Fsp3) is 0.296. The lowest BCUT2D eigenvalue weighted by Crippen LogP contribution is -2.05. The van der Waals surface area contributed by atoms with Crippen molar-refractivity contribution in [3.05, 3.63) is 84.4 Å². The normalized spacial score (nSPS) is 20.7. The molecule has 0 saturated heterocycles. The molecule has 2 saturated carbocycles. The summed E-state index contributed by atoms with van der Waals surface area (Å²) in [6.45, 7) is 2.36. The predicted molar refractivity (Wildman–Crippen MR) is 144 cm³/mol. The molecule has 190 valence electrons. The van der Waals surface area contributed by atoms with Crippen LogP contribution in [0, 0.1) is 0 Å². The Balaban J connectivity index is 1.23. The number of carboxylic acid groups (broad SMARTS) is 1. The standard InChI is InChI=1S/C27H21Cl3N2O4S/c1-27(10-17(27)25-31-11-21(37-25)26(33)34)16-8-7-14(9-20(16)30)35-12-15-23(32-36-24(15)13-5-6-13)22-18(28)3-2-4-19(22)29/h2-4,7-9,11,13,17H,5-6,10,12H2,1H3,(H,33,34). The lowest BCUT2D eigenvalue weighted by Gasteiger charge is -2.15. The van der Waals surface area contributed by atoms with Gasteiger partial charge in [0.05, 0.1) is 26.8 Å². The van der Waals surface area contributed by atoms with E-state index in [9.17, 15) is 9.90 Å². The van der Waals surface area contributed by atoms with E-state index in [4.69, 9.17) is 44.1 Å². The van der Waals surface area contributed by atoms with E-state index in [0.717, 1.165) is 41.2 Å². The molecule has 1 N–H and O–H groups in total. The molecule has 2 aliphatic rings. The Hall–Kier alpha value is -2.58. The van der Waals surface area contributed by atoms with Gasteiger partial charge >= 0.3 is 5.97 Å². The van der Waals surface area contributed by atoms with E-state index in [1.807, 2.05) is 18.2 Å². The highest BCUT2D eigenvalue weighted by molar-refractivity contribution is 7.13. The number of carboxylic acids is 1. The summed E-state index contributed by atoms with van der Waals surface area (Å²) in [4.78, 5) is 15.8. The van der Waals surface area contributed by atoms with Crippen LogP contribution in [0.2, 0.25) is 15.1 Å². The number of benzene rings is 2. The molecule has 0 aliphatic heterocycles. The van der Waals surface area contributed by atoms with Crippen LogP contribution in [0.3, 0.4) is 0 Å². The van der Waals surface area contributed by atoms with Crippen LogP contribution >= 0.6 is 46.1 Å². The third-order valence-electron chi connectivity index (χ3n) is 7.17. The highest BCUT2D eigenvalue weighted by atomic mass is 35.5. The average Bonchev–Trinajstić information content (AvgIpc) is 3.71. The van der Waals surface area contributed by atoms with Crippen LogP contribution < -0.4 is 4.74 Å². The number of rotatable bonds is 8. The minimum Gasteiger partial charge on any atom is -0.489 e. The van der Waals surface area contributed by atoms with Crippen molar-refractivity contribution >= 4 is 52.1 Å². The quantitative estimate of drug-likeness (QED) is 0.227. The first-order chi connectivity index (χ1) is 17.8. The van der Waals surface area contributed by atoms with Gasteiger partial charge in [0.1, 0.15) is 28.7 Å². The third kappa shape index (κ3) is 4.52. The molecule has 2 atom stereocenters. The molecule has 4 aromatic rings. The fourth-order valence-electron chi connectivity index (χ4n) is 4.82. The first-order valence-corrected chi connectivity index (χ1v) is 13.8. The molecule has 0 radical (unpaired) electrons. The summed E-state index contributed by atoms with van der Waals surface area (Å²) in [6.07, 6.45) is 4.37. The summed E-state index contributed by atoms with van der Waals surface area (Å²) in [5, 5.41) is 15.9. The van der Waals surface area contributed by atoms with Gasteiger partial charge in [-0.3, -0.25) is 0 Å². The van der Waals surface area contributed by atoms with Gasteiger partial charge in [-0.1, -0.05) is 59.0 Å². The number of aromatic carboxylic acids is 1. The smallest absolute Gasteiger partial charge is 0.347 e. The number of hydrogen-bond donors (Lipinski definition) is 1. The number of thiazole rings is 1. The maximum absolute atomic E-state index is 11.2. The summed E-state index contributed by atoms with van der Waals surface area (Å²) < 4.78 is 11.9. The molecule has 6 rings (SSSR count). The molecule has 10 heteroatoms. The Morgan fingerprint density at radius 1 is 1.19 bits per heavy atom. The van der Waals surface area contributed by atoms with Gasteiger partial charge in [-0.15, -0.1) is 11.3 Å². The van der Waals surface area contributed by atoms with E-state index in [1.165, 1.54) is 17.5 Å². The molecular formula is C27H21Cl3N2O4S. The Bertz CT molecular complexity index is 1510. The minimum atomic E-state index is -0.955. The molecule has 0 spiro atoms. The Labute approximate surface area is 232 Å². The highest BCUT2D eigenvalue weighted by Crippen LogP contribution is 2.62. The van der Waals surface area contributed by atoms with Crippen molar-refractivity contribution in [3.8, 4) is 17.0 Å². The van der Waals surface area contributed by atoms with Crippen LogP contribution in [-0.4, -0.2) is 21.2 Å². The molecule has 2 aromatic carbocycles. The highest BCUT2D eigenvalue weighted by Gasteiger charge is 2.54. The van der Waals surface area contributed by atoms with E-state index < -0.39 is 5.97 Å². The maximum atomic E-state index is 11.2. The first-order valence-electron chi connectivity index (χ1n) is 11.8. The molecule has 6 nitrogen and oxygen atoms in total. The van der Waals surface area contributed by atoms with Crippen molar-refractivity contribution < 1.29 is 19.2 Å². The van der Waals surface area contributed by atoms with E-state index in [1.54, 1.807) is 18.2 Å². The van der Waals surface area contributed by atoms with Gasteiger partial charge in [-0.2, -0.15) is 0 Å². The molecule has 2 unspecified atom stereocenters. The van der Waals surface area contributed by atoms with Gasteiger partial charge < -0.3 is 14.4 Å². The van der Waals surface area contributed by atoms with Crippen molar-refractivity contribution in [3.63, 3.8) is 0 Å². The number of aromatic nitrogens is 2. The number of carbonyl (C=O) groups is 1. The van der Waals surface area contributed by atoms with Gasteiger partial charge in [-0.05, 0) is 49.1 Å². The summed E-state index contributed by atoms with van der Waals surface area (Å²) in [6, 6.07) is 11.0. The van der Waals surface area contributed by atoms with Crippen molar-refractivity contribution in [2.24, 2.45) is 0 Å². The lowest BCUT2D eigenvalue weighted by molar-refractivity contribution is 0.0702. The fourth-order valence-corrected chi connectivity index (χ4v) is 6.79. The molecule has 0 bridgehead atoms. The molecule has 2 aliphatic carbocycles. The average molecular weight is 576 g/mol. The monoisotopic (exact) mass is 574 g/mol. The number of nitrogens with zero attached hydrogens (tertiary/aromatic N) is 2. The largest absolute Gasteiger partial charge is 0.489 e.